The zero-order chi connectivity index (χ0) is 66.5. The molecule has 0 unspecified atom stereocenters. The summed E-state index contributed by atoms with van der Waals surface area (Å²) in [5.41, 5.74) is 35.9. The maximum atomic E-state index is 8.58. The summed E-state index contributed by atoms with van der Waals surface area (Å²) >= 11 is 7.58. The van der Waals surface area contributed by atoms with Gasteiger partial charge in [0, 0.05) is 53.9 Å². The van der Waals surface area contributed by atoms with Gasteiger partial charge >= 0.3 is 20.8 Å². The average Bonchev–Trinajstić information content (AvgIpc) is 0.706. The van der Waals surface area contributed by atoms with Crippen molar-refractivity contribution in [3.8, 4) is 111 Å². The number of hydrogen-bond acceptors (Lipinski definition) is 4. The Morgan fingerprint density at radius 3 is 0.747 bits per heavy atom. The second kappa shape index (κ2) is 26.4. The minimum absolute atomic E-state index is 0.00234. The molecule has 466 valence electrons. The molecule has 15 aromatic rings. The monoisotopic (exact) mass is 1390 g/mol. The number of fused-ring (bicyclic) bond motifs is 22. The average molecular weight is 1390 g/mol. The van der Waals surface area contributed by atoms with E-state index >= 15 is 0 Å². The van der Waals surface area contributed by atoms with Crippen molar-refractivity contribution in [3.63, 3.8) is 0 Å². The van der Waals surface area contributed by atoms with Crippen LogP contribution in [0.2, 0.25) is 0 Å². The van der Waals surface area contributed by atoms with Gasteiger partial charge in [-0.1, -0.05) is 329 Å². The largest absolute Gasteiger partial charge is 0.488 e. The number of hydrogen-bond donors (Lipinski definition) is 2. The third-order valence-corrected chi connectivity index (χ3v) is 20.7. The summed E-state index contributed by atoms with van der Waals surface area (Å²) in [6.07, 6.45) is 0. The van der Waals surface area contributed by atoms with Gasteiger partial charge in [-0.2, -0.15) is 0 Å². The molecule has 19 rings (SSSR count). The fourth-order valence-corrected chi connectivity index (χ4v) is 16.2. The van der Waals surface area contributed by atoms with Gasteiger partial charge in [-0.05, 0) is 177 Å². The van der Waals surface area contributed by atoms with Gasteiger partial charge in [0.15, 0.2) is 0 Å². The second-order valence-electron chi connectivity index (χ2n) is 25.4. The van der Waals surface area contributed by atoms with Crippen molar-refractivity contribution in [2.24, 2.45) is 0 Å². The van der Waals surface area contributed by atoms with Crippen LogP contribution >= 0.6 is 31.9 Å². The van der Waals surface area contributed by atoms with Crippen LogP contribution < -0.4 is 36.9 Å². The fraction of sp³-hybridized carbons (Fsp3) is 0. The molecule has 0 amide bonds. The van der Waals surface area contributed by atoms with Gasteiger partial charge in [-0.25, -0.2) is 0 Å². The summed E-state index contributed by atoms with van der Waals surface area (Å²) in [4.78, 5) is 5.17. The highest BCUT2D eigenvalue weighted by Crippen LogP contribution is 2.53. The van der Waals surface area contributed by atoms with Crippen LogP contribution in [0.3, 0.4) is 0 Å². The van der Waals surface area contributed by atoms with Crippen LogP contribution in [0, 0.1) is 0 Å². The Balaban J connectivity index is 0.000000134. The van der Waals surface area contributed by atoms with E-state index in [0.29, 0.717) is 5.46 Å². The first kappa shape index (κ1) is 61.6. The molecular weight excluding hydrogens is 1330 g/mol. The predicted molar refractivity (Wildman–Crippen MR) is 426 cm³/mol. The molecule has 99 heavy (non-hydrogen) atoms. The molecule has 0 aromatic heterocycles. The molecule has 15 aromatic carbocycles. The molecule has 0 bridgehead atoms. The fourth-order valence-electron chi connectivity index (χ4n) is 15.5. The minimum Gasteiger partial charge on any atom is -0.423 e. The molecule has 0 atom stereocenters. The van der Waals surface area contributed by atoms with Crippen molar-refractivity contribution in [2.45, 2.75) is 0 Å². The predicted octanol–water partition coefficient (Wildman–Crippen LogP) is 20.1. The van der Waals surface area contributed by atoms with Crippen LogP contribution in [0.15, 0.2) is 367 Å². The van der Waals surface area contributed by atoms with E-state index in [2.05, 4.69) is 369 Å². The Kier molecular flexibility index (Phi) is 16.4. The molecule has 4 aliphatic heterocycles. The molecule has 0 saturated carbocycles. The quantitative estimate of drug-likeness (QED) is 0.156. The van der Waals surface area contributed by atoms with E-state index in [4.69, 9.17) is 10.0 Å². The second-order valence-corrected chi connectivity index (χ2v) is 27.2. The van der Waals surface area contributed by atoms with E-state index in [1.165, 1.54) is 156 Å². The smallest absolute Gasteiger partial charge is 0.423 e. The number of anilines is 4. The van der Waals surface area contributed by atoms with Gasteiger partial charge in [-0.3, -0.25) is 0 Å². The van der Waals surface area contributed by atoms with Crippen molar-refractivity contribution >= 4 is 103 Å². The van der Waals surface area contributed by atoms with E-state index in [9.17, 15) is 0 Å². The molecule has 0 aliphatic carbocycles. The first-order valence-electron chi connectivity index (χ1n) is 33.6. The number of rotatable bonds is 7. The summed E-state index contributed by atoms with van der Waals surface area (Å²) in [5.74, 6) is 0. The minimum atomic E-state index is -1.34. The molecule has 9 heteroatoms. The highest BCUT2D eigenvalue weighted by atomic mass is 79.9. The van der Waals surface area contributed by atoms with Gasteiger partial charge in [0.05, 0.1) is 0 Å². The van der Waals surface area contributed by atoms with Gasteiger partial charge in [0.1, 0.15) is 0 Å². The van der Waals surface area contributed by atoms with E-state index in [0.717, 1.165) is 8.95 Å². The molecule has 4 heterocycles. The molecular formula is C90H61B3Br2N2O2. The van der Waals surface area contributed by atoms with Crippen molar-refractivity contribution in [2.75, 3.05) is 9.62 Å². The lowest BCUT2D eigenvalue weighted by Crippen LogP contribution is -2.59. The highest BCUT2D eigenvalue weighted by Gasteiger charge is 2.46. The van der Waals surface area contributed by atoms with Crippen LogP contribution in [0.4, 0.5) is 22.7 Å². The third-order valence-electron chi connectivity index (χ3n) is 19.8. The van der Waals surface area contributed by atoms with Crippen molar-refractivity contribution in [1.82, 2.24) is 0 Å². The summed E-state index contributed by atoms with van der Waals surface area (Å²) in [6, 6.07) is 129. The van der Waals surface area contributed by atoms with Crippen LogP contribution in [-0.4, -0.2) is 30.9 Å². The summed E-state index contributed by atoms with van der Waals surface area (Å²) in [5, 5.41) is 17.2. The van der Waals surface area contributed by atoms with Crippen LogP contribution in [-0.2, 0) is 0 Å². The van der Waals surface area contributed by atoms with Crippen LogP contribution in [0.5, 0.6) is 0 Å². The van der Waals surface area contributed by atoms with Crippen molar-refractivity contribution in [3.05, 3.63) is 367 Å². The van der Waals surface area contributed by atoms with E-state index in [1.807, 2.05) is 6.07 Å². The molecule has 2 N–H and O–H groups in total. The summed E-state index contributed by atoms with van der Waals surface area (Å²) < 4.78 is 2.16. The van der Waals surface area contributed by atoms with Crippen molar-refractivity contribution < 1.29 is 10.0 Å². The molecule has 4 aliphatic rings. The lowest BCUT2D eigenvalue weighted by molar-refractivity contribution is 0.426. The zero-order valence-corrected chi connectivity index (χ0v) is 57.0. The molecule has 0 saturated heterocycles. The van der Waals surface area contributed by atoms with Gasteiger partial charge in [-0.15, -0.1) is 0 Å². The normalized spacial score (nSPS) is 12.2. The summed E-state index contributed by atoms with van der Waals surface area (Å²) in [6.45, 7) is 0.0390. The highest BCUT2D eigenvalue weighted by molar-refractivity contribution is 9.10. The van der Waals surface area contributed by atoms with Gasteiger partial charge < -0.3 is 19.7 Å². The van der Waals surface area contributed by atoms with E-state index in [1.54, 1.807) is 24.3 Å². The lowest BCUT2D eigenvalue weighted by atomic mass is 9.42. The van der Waals surface area contributed by atoms with Crippen molar-refractivity contribution in [1.29, 1.82) is 0 Å². The Morgan fingerprint density at radius 2 is 0.475 bits per heavy atom. The number of nitrogens with zero attached hydrogens (tertiary/aromatic N) is 2. The topological polar surface area (TPSA) is 46.9 Å². The zero-order valence-electron chi connectivity index (χ0n) is 53.8. The Labute approximate surface area is 596 Å². The first-order chi connectivity index (χ1) is 48.8. The van der Waals surface area contributed by atoms with Gasteiger partial charge in [0.2, 0.25) is 0 Å². The van der Waals surface area contributed by atoms with Crippen LogP contribution in [0.1, 0.15) is 0 Å². The van der Waals surface area contributed by atoms with E-state index < -0.39 is 7.12 Å². The maximum absolute atomic E-state index is 8.58. The lowest BCUT2D eigenvalue weighted by Gasteiger charge is -2.44. The SMILES string of the molecule is Brc1ccc2c(c1)-c1c(cccc1-c1ccccc1)B1c3cccc(-c4ccccc4)c3-c3cc(Br)ccc3N12.OB(O)c1ccccc1.c1ccc(-c2ccc3c(c2)-c2c(cccc2-c2ccccc2)B2c4cccc(-c5ccccc5)c4-c4cc(-c5ccccc5)ccc4N23)cc1. The molecule has 0 fully saturated rings. The Bertz CT molecular complexity index is 5200. The number of halogens is 2. The summed E-state index contributed by atoms with van der Waals surface area (Å²) in [7, 11) is -1.34. The third kappa shape index (κ3) is 11.2. The number of benzene rings is 15. The molecule has 0 radical (unpaired) electrons. The Hall–Kier alpha value is -11.0. The van der Waals surface area contributed by atoms with Gasteiger partial charge in [0.25, 0.3) is 0 Å². The first-order valence-corrected chi connectivity index (χ1v) is 35.1. The molecule has 4 nitrogen and oxygen atoms in total. The Morgan fingerprint density at radius 1 is 0.222 bits per heavy atom. The van der Waals surface area contributed by atoms with E-state index in [-0.39, 0.29) is 13.7 Å². The molecule has 0 spiro atoms. The standard InChI is InChI=1S/C48H32BN.C36H22BBr2N.C6H7BO2/c1-5-15-33(16-6-1)37-27-29-45-41(31-37)47-39(35-19-9-3-10-20-35)23-13-25-43(47)49-44-26-14-24-40(36-21-11-4-12-22-36)48(44)42-32-38(28-30-46(42)50(45)49)34-17-7-2-8-18-34;38-25-17-19-33-29(21-25)35-27(23-9-3-1-4-10-23)13-7-15-31(35)37-32-16-8-14-28(24-11-5-2-6-12-24)36(32)30-22-26(39)18-20-34(30)40(33)37;8-7(9)6-4-2-1-3-5-6/h1-32H;1-22H;1-5,8-9H. The van der Waals surface area contributed by atoms with Crippen LogP contribution in [0.25, 0.3) is 111 Å². The maximum Gasteiger partial charge on any atom is 0.488 e.